The van der Waals surface area contributed by atoms with Crippen LogP contribution in [0.1, 0.15) is 23.0 Å². The van der Waals surface area contributed by atoms with Gasteiger partial charge in [-0.05, 0) is 61.4 Å². The molecule has 0 aliphatic rings. The number of nitrogens with one attached hydrogen (secondary N) is 4. The van der Waals surface area contributed by atoms with E-state index in [-0.39, 0.29) is 17.3 Å². The third-order valence-corrected chi connectivity index (χ3v) is 4.61. The average Bonchev–Trinajstić information content (AvgIpc) is 2.85. The van der Waals surface area contributed by atoms with Crippen LogP contribution in [0.25, 0.3) is 0 Å². The number of ether oxygens (including phenoxy) is 1. The SMILES string of the molecule is CC#CC(=O)Nc1ccc(NC(=O)Nc2ccc(Oc3ccnc(C(=O)NC)c3)cc2)cc1C(F)(F)F. The molecule has 4 amide bonds. The number of pyridine rings is 1. The lowest BCUT2D eigenvalue weighted by Gasteiger charge is -2.15. The molecule has 1 aromatic heterocycles. The van der Waals surface area contributed by atoms with Gasteiger partial charge in [-0.1, -0.05) is 5.92 Å². The molecule has 0 aliphatic heterocycles. The van der Waals surface area contributed by atoms with Crippen molar-refractivity contribution >= 4 is 34.9 Å². The van der Waals surface area contributed by atoms with E-state index >= 15 is 0 Å². The van der Waals surface area contributed by atoms with Crippen LogP contribution in [0.15, 0.2) is 60.8 Å². The number of hydrogen-bond donors (Lipinski definition) is 4. The Bertz CT molecular complexity index is 1380. The number of urea groups is 1. The molecule has 0 saturated carbocycles. The fourth-order valence-electron chi connectivity index (χ4n) is 3.00. The Labute approximate surface area is 209 Å². The molecular weight excluding hydrogens is 491 g/mol. The lowest BCUT2D eigenvalue weighted by Crippen LogP contribution is -2.20. The molecule has 9 nitrogen and oxygen atoms in total. The first-order valence-corrected chi connectivity index (χ1v) is 10.6. The van der Waals surface area contributed by atoms with Gasteiger partial charge in [0.25, 0.3) is 11.8 Å². The summed E-state index contributed by atoms with van der Waals surface area (Å²) in [6.07, 6.45) is -3.37. The predicted molar refractivity (Wildman–Crippen MR) is 130 cm³/mol. The van der Waals surface area contributed by atoms with Crippen LogP contribution in [0.5, 0.6) is 11.5 Å². The molecule has 0 saturated heterocycles. The highest BCUT2D eigenvalue weighted by atomic mass is 19.4. The van der Waals surface area contributed by atoms with E-state index in [2.05, 4.69) is 38.1 Å². The van der Waals surface area contributed by atoms with Gasteiger partial charge in [-0.25, -0.2) is 4.79 Å². The van der Waals surface area contributed by atoms with Gasteiger partial charge in [0.2, 0.25) is 0 Å². The lowest BCUT2D eigenvalue weighted by atomic mass is 10.1. The molecule has 0 spiro atoms. The largest absolute Gasteiger partial charge is 0.457 e. The molecule has 190 valence electrons. The summed E-state index contributed by atoms with van der Waals surface area (Å²) >= 11 is 0. The number of rotatable bonds is 6. The van der Waals surface area contributed by atoms with Crippen LogP contribution in [0.4, 0.5) is 35.0 Å². The van der Waals surface area contributed by atoms with Crippen LogP contribution < -0.4 is 26.0 Å². The minimum absolute atomic E-state index is 0.144. The average molecular weight is 511 g/mol. The van der Waals surface area contributed by atoms with Gasteiger partial charge in [-0.2, -0.15) is 13.2 Å². The number of aromatic nitrogens is 1. The minimum Gasteiger partial charge on any atom is -0.457 e. The molecule has 37 heavy (non-hydrogen) atoms. The van der Waals surface area contributed by atoms with Crippen molar-refractivity contribution in [1.82, 2.24) is 10.3 Å². The molecule has 0 atom stereocenters. The highest BCUT2D eigenvalue weighted by molar-refractivity contribution is 6.05. The van der Waals surface area contributed by atoms with E-state index in [0.29, 0.717) is 23.3 Å². The van der Waals surface area contributed by atoms with Gasteiger partial charge < -0.3 is 26.0 Å². The monoisotopic (exact) mass is 511 g/mol. The number of benzene rings is 2. The summed E-state index contributed by atoms with van der Waals surface area (Å²) in [5.74, 6) is 3.90. The van der Waals surface area contributed by atoms with Gasteiger partial charge in [0.15, 0.2) is 0 Å². The van der Waals surface area contributed by atoms with Gasteiger partial charge in [-0.15, -0.1) is 0 Å². The highest BCUT2D eigenvalue weighted by Gasteiger charge is 2.34. The molecule has 2 aromatic carbocycles. The Hall–Kier alpha value is -5.05. The summed E-state index contributed by atoms with van der Waals surface area (Å²) in [7, 11) is 1.48. The Morgan fingerprint density at radius 3 is 2.22 bits per heavy atom. The first kappa shape index (κ1) is 26.6. The number of carbonyl (C=O) groups excluding carboxylic acids is 3. The Morgan fingerprint density at radius 1 is 0.892 bits per heavy atom. The van der Waals surface area contributed by atoms with Crippen LogP contribution >= 0.6 is 0 Å². The van der Waals surface area contributed by atoms with E-state index < -0.39 is 29.4 Å². The summed E-state index contributed by atoms with van der Waals surface area (Å²) in [4.78, 5) is 39.5. The highest BCUT2D eigenvalue weighted by Crippen LogP contribution is 2.36. The molecule has 0 fully saturated rings. The number of carbonyl (C=O) groups is 3. The molecule has 0 bridgehead atoms. The molecule has 0 aliphatic carbocycles. The number of alkyl halides is 3. The van der Waals surface area contributed by atoms with E-state index in [1.165, 1.54) is 44.4 Å². The third kappa shape index (κ3) is 7.46. The smallest absolute Gasteiger partial charge is 0.418 e. The molecule has 0 radical (unpaired) electrons. The van der Waals surface area contributed by atoms with Crippen molar-refractivity contribution in [3.05, 3.63) is 72.1 Å². The third-order valence-electron chi connectivity index (χ3n) is 4.61. The first-order chi connectivity index (χ1) is 17.6. The van der Waals surface area contributed by atoms with Crippen molar-refractivity contribution in [3.63, 3.8) is 0 Å². The standard InChI is InChI=1S/C25H20F3N5O4/c1-3-4-22(34)33-20-10-7-16(13-19(20)25(26,27)28)32-24(36)31-15-5-8-17(9-6-15)37-18-11-12-30-21(14-18)23(35)29-2/h5-14H,1-2H3,(H,29,35)(H,33,34)(H2,31,32,36). The quantitative estimate of drug-likeness (QED) is 0.352. The second-order valence-corrected chi connectivity index (χ2v) is 7.25. The summed E-state index contributed by atoms with van der Waals surface area (Å²) in [5.41, 5.74) is -1.27. The van der Waals surface area contributed by atoms with E-state index in [0.717, 1.165) is 6.07 Å². The van der Waals surface area contributed by atoms with Crippen LogP contribution in [-0.2, 0) is 11.0 Å². The zero-order valence-electron chi connectivity index (χ0n) is 19.5. The van der Waals surface area contributed by atoms with Gasteiger partial charge in [-0.3, -0.25) is 14.6 Å². The Balaban J connectivity index is 1.66. The number of nitrogens with zero attached hydrogens (tertiary/aromatic N) is 1. The van der Waals surface area contributed by atoms with Crippen LogP contribution in [0, 0.1) is 11.8 Å². The van der Waals surface area contributed by atoms with Gasteiger partial charge in [0.05, 0.1) is 11.3 Å². The second-order valence-electron chi connectivity index (χ2n) is 7.25. The maximum absolute atomic E-state index is 13.5. The minimum atomic E-state index is -4.79. The molecule has 4 N–H and O–H groups in total. The van der Waals surface area contributed by atoms with Crippen molar-refractivity contribution in [2.24, 2.45) is 0 Å². The summed E-state index contributed by atoms with van der Waals surface area (Å²) in [5, 5.41) is 9.35. The lowest BCUT2D eigenvalue weighted by molar-refractivity contribution is -0.136. The van der Waals surface area contributed by atoms with Crippen molar-refractivity contribution in [2.45, 2.75) is 13.1 Å². The topological polar surface area (TPSA) is 121 Å². The fraction of sp³-hybridized carbons (Fsp3) is 0.120. The predicted octanol–water partition coefficient (Wildman–Crippen LogP) is 4.86. The van der Waals surface area contributed by atoms with Gasteiger partial charge in [0.1, 0.15) is 17.2 Å². The maximum atomic E-state index is 13.5. The maximum Gasteiger partial charge on any atom is 0.418 e. The Morgan fingerprint density at radius 2 is 1.57 bits per heavy atom. The first-order valence-electron chi connectivity index (χ1n) is 10.6. The second kappa shape index (κ2) is 11.6. The number of halogens is 3. The fourth-order valence-corrected chi connectivity index (χ4v) is 3.00. The van der Waals surface area contributed by atoms with E-state index in [4.69, 9.17) is 4.74 Å². The molecule has 1 heterocycles. The molecule has 3 aromatic rings. The molecular formula is C25H20F3N5O4. The summed E-state index contributed by atoms with van der Waals surface area (Å²) in [6.45, 7) is 1.38. The van der Waals surface area contributed by atoms with Gasteiger partial charge in [0, 0.05) is 30.7 Å². The zero-order valence-corrected chi connectivity index (χ0v) is 19.5. The molecule has 0 unspecified atom stereocenters. The number of hydrogen-bond acceptors (Lipinski definition) is 5. The molecule has 12 heteroatoms. The van der Waals surface area contributed by atoms with Gasteiger partial charge >= 0.3 is 12.2 Å². The summed E-state index contributed by atoms with van der Waals surface area (Å²) < 4.78 is 46.1. The molecule has 3 rings (SSSR count). The van der Waals surface area contributed by atoms with Crippen LogP contribution in [0.3, 0.4) is 0 Å². The van der Waals surface area contributed by atoms with E-state index in [9.17, 15) is 27.6 Å². The normalized spacial score (nSPS) is 10.4. The summed E-state index contributed by atoms with van der Waals surface area (Å²) in [6, 6.07) is 11.3. The van der Waals surface area contributed by atoms with E-state index in [1.54, 1.807) is 18.2 Å². The number of amides is 4. The Kier molecular flexibility index (Phi) is 8.31. The van der Waals surface area contributed by atoms with Crippen LogP contribution in [-0.4, -0.2) is 29.9 Å². The van der Waals surface area contributed by atoms with Crippen LogP contribution in [0.2, 0.25) is 0 Å². The van der Waals surface area contributed by atoms with Crippen molar-refractivity contribution in [2.75, 3.05) is 23.0 Å². The van der Waals surface area contributed by atoms with Crippen molar-refractivity contribution in [1.29, 1.82) is 0 Å². The van der Waals surface area contributed by atoms with Crippen molar-refractivity contribution in [3.8, 4) is 23.3 Å². The van der Waals surface area contributed by atoms with Crippen molar-refractivity contribution < 1.29 is 32.3 Å². The van der Waals surface area contributed by atoms with E-state index in [1.807, 2.05) is 0 Å². The number of anilines is 3. The zero-order chi connectivity index (χ0) is 27.0.